The summed E-state index contributed by atoms with van der Waals surface area (Å²) < 4.78 is 31.5. The number of nitrogens with zero attached hydrogens (tertiary/aromatic N) is 1. The number of rotatable bonds is 7. The Labute approximate surface area is 129 Å². The summed E-state index contributed by atoms with van der Waals surface area (Å²) in [6.45, 7) is 0.936. The Bertz CT molecular complexity index is 492. The first-order valence-electron chi connectivity index (χ1n) is 4.93. The third kappa shape index (κ3) is 4.06. The van der Waals surface area contributed by atoms with Gasteiger partial charge in [0.25, 0.3) is 0 Å². The Morgan fingerprint density at radius 3 is 2.56 bits per heavy atom. The average Bonchev–Trinajstić information content (AvgIpc) is 2.64. The summed E-state index contributed by atoms with van der Waals surface area (Å²) in [6.07, 6.45) is 0. The Hall–Kier alpha value is 0.630. The van der Waals surface area contributed by atoms with Gasteiger partial charge in [0.05, 0.1) is 10.9 Å². The van der Waals surface area contributed by atoms with Crippen molar-refractivity contribution in [2.24, 2.45) is 0 Å². The molecule has 1 rings (SSSR count). The van der Waals surface area contributed by atoms with Gasteiger partial charge in [0.1, 0.15) is 9.23 Å². The topological polar surface area (TPSA) is 46.6 Å². The largest absolute Gasteiger partial charge is 0.383 e. The van der Waals surface area contributed by atoms with Crippen molar-refractivity contribution in [3.8, 4) is 0 Å². The molecule has 1 aromatic rings. The van der Waals surface area contributed by atoms with E-state index in [-0.39, 0.29) is 15.8 Å². The lowest BCUT2D eigenvalue weighted by molar-refractivity contribution is 0.181. The van der Waals surface area contributed by atoms with Gasteiger partial charge < -0.3 is 4.74 Å². The molecule has 104 valence electrons. The molecule has 0 amide bonds. The first kappa shape index (κ1) is 16.7. The molecule has 0 fully saturated rings. The van der Waals surface area contributed by atoms with Crippen molar-refractivity contribution in [3.63, 3.8) is 0 Å². The molecule has 0 spiro atoms. The quantitative estimate of drug-likeness (QED) is 0.665. The Morgan fingerprint density at radius 2 is 2.11 bits per heavy atom. The first-order chi connectivity index (χ1) is 8.43. The third-order valence-corrected chi connectivity index (χ3v) is 6.13. The summed E-state index contributed by atoms with van der Waals surface area (Å²) in [5, 5.41) is 0.533. The molecule has 1 aromatic heterocycles. The summed E-state index contributed by atoms with van der Waals surface area (Å²) in [6, 6.07) is 1.37. The predicted octanol–water partition coefficient (Wildman–Crippen LogP) is 3.09. The number of alkyl halides is 1. The summed E-state index contributed by atoms with van der Waals surface area (Å²) in [5.74, 6) is 0. The monoisotopic (exact) mass is 395 g/mol. The number of halogens is 3. The highest BCUT2D eigenvalue weighted by Gasteiger charge is 2.27. The van der Waals surface area contributed by atoms with E-state index in [0.29, 0.717) is 22.8 Å². The van der Waals surface area contributed by atoms with Crippen LogP contribution >= 0.6 is 50.5 Å². The van der Waals surface area contributed by atoms with E-state index < -0.39 is 10.0 Å². The normalized spacial score (nSPS) is 12.3. The van der Waals surface area contributed by atoms with Crippen molar-refractivity contribution in [1.82, 2.24) is 4.31 Å². The van der Waals surface area contributed by atoms with E-state index in [1.165, 1.54) is 17.5 Å². The molecule has 0 saturated carbocycles. The van der Waals surface area contributed by atoms with Gasteiger partial charge in [-0.25, -0.2) is 8.42 Å². The van der Waals surface area contributed by atoms with Crippen LogP contribution in [0.25, 0.3) is 0 Å². The highest BCUT2D eigenvalue weighted by atomic mass is 79.9. The molecule has 0 N–H and O–H groups in total. The maximum Gasteiger partial charge on any atom is 0.245 e. The number of hydrogen-bond donors (Lipinski definition) is 0. The van der Waals surface area contributed by atoms with Gasteiger partial charge in [-0.1, -0.05) is 39.1 Å². The van der Waals surface area contributed by atoms with Gasteiger partial charge in [0.15, 0.2) is 0 Å². The zero-order chi connectivity index (χ0) is 13.8. The molecule has 4 nitrogen and oxygen atoms in total. The molecule has 0 aliphatic heterocycles. The van der Waals surface area contributed by atoms with Gasteiger partial charge in [-0.05, 0) is 6.07 Å². The lowest BCUT2D eigenvalue weighted by Gasteiger charge is -2.20. The first-order valence-corrected chi connectivity index (χ1v) is 9.06. The fraction of sp³-hybridized carbons (Fsp3) is 0.556. The van der Waals surface area contributed by atoms with Crippen molar-refractivity contribution >= 4 is 60.5 Å². The zero-order valence-electron chi connectivity index (χ0n) is 9.53. The van der Waals surface area contributed by atoms with Crippen molar-refractivity contribution in [1.29, 1.82) is 0 Å². The van der Waals surface area contributed by atoms with Gasteiger partial charge in [-0.15, -0.1) is 11.3 Å². The molecular formula is C9H12BrCl2NO3S2. The van der Waals surface area contributed by atoms with Crippen LogP contribution in [0.1, 0.15) is 0 Å². The second-order valence-electron chi connectivity index (χ2n) is 3.27. The van der Waals surface area contributed by atoms with Gasteiger partial charge in [0.2, 0.25) is 10.0 Å². The number of methoxy groups -OCH3 is 1. The van der Waals surface area contributed by atoms with E-state index in [1.54, 1.807) is 0 Å². The number of hydrogen-bond acceptors (Lipinski definition) is 4. The van der Waals surface area contributed by atoms with Crippen molar-refractivity contribution in [3.05, 3.63) is 14.7 Å². The van der Waals surface area contributed by atoms with Crippen molar-refractivity contribution in [2.75, 3.05) is 32.1 Å². The molecular weight excluding hydrogens is 385 g/mol. The van der Waals surface area contributed by atoms with E-state index in [1.807, 2.05) is 0 Å². The fourth-order valence-corrected chi connectivity index (χ4v) is 5.48. The molecule has 18 heavy (non-hydrogen) atoms. The second kappa shape index (κ2) is 7.42. The van der Waals surface area contributed by atoms with Crippen LogP contribution < -0.4 is 0 Å². The fourth-order valence-electron chi connectivity index (χ4n) is 1.28. The second-order valence-corrected chi connectivity index (χ2v) is 8.26. The minimum absolute atomic E-state index is 0.0521. The molecule has 0 aliphatic rings. The third-order valence-electron chi connectivity index (χ3n) is 2.12. The summed E-state index contributed by atoms with van der Waals surface area (Å²) in [4.78, 5) is 0.0521. The van der Waals surface area contributed by atoms with Crippen LogP contribution in [0.4, 0.5) is 0 Å². The van der Waals surface area contributed by atoms with Gasteiger partial charge in [0, 0.05) is 25.5 Å². The highest BCUT2D eigenvalue weighted by Crippen LogP contribution is 2.35. The number of ether oxygens (including phenoxy) is 1. The predicted molar refractivity (Wildman–Crippen MR) is 78.8 cm³/mol. The van der Waals surface area contributed by atoms with Crippen LogP contribution in [0.3, 0.4) is 0 Å². The summed E-state index contributed by atoms with van der Waals surface area (Å²) in [5.41, 5.74) is 0. The molecule has 0 bridgehead atoms. The van der Waals surface area contributed by atoms with E-state index in [9.17, 15) is 8.42 Å². The van der Waals surface area contributed by atoms with E-state index in [4.69, 9.17) is 27.9 Å². The van der Waals surface area contributed by atoms with E-state index >= 15 is 0 Å². The van der Waals surface area contributed by atoms with Crippen LogP contribution in [0.2, 0.25) is 8.67 Å². The Balaban J connectivity index is 3.04. The minimum atomic E-state index is -3.63. The van der Waals surface area contributed by atoms with Crippen molar-refractivity contribution < 1.29 is 13.2 Å². The Kier molecular flexibility index (Phi) is 6.88. The smallest absolute Gasteiger partial charge is 0.245 e. The van der Waals surface area contributed by atoms with Crippen LogP contribution in [0.15, 0.2) is 11.0 Å². The maximum absolute atomic E-state index is 12.4. The molecule has 0 atom stereocenters. The number of thiophene rings is 1. The van der Waals surface area contributed by atoms with Crippen LogP contribution in [0, 0.1) is 0 Å². The molecule has 0 radical (unpaired) electrons. The lowest BCUT2D eigenvalue weighted by Crippen LogP contribution is -2.35. The standard InChI is InChI=1S/C9H12BrCl2NO3S2/c1-16-5-4-13(3-2-10)18(14,15)7-6-8(11)17-9(7)12/h6H,2-5H2,1H3. The summed E-state index contributed by atoms with van der Waals surface area (Å²) in [7, 11) is -2.11. The van der Waals surface area contributed by atoms with Crippen molar-refractivity contribution in [2.45, 2.75) is 4.90 Å². The number of sulfonamides is 1. The lowest BCUT2D eigenvalue weighted by atomic mass is 10.6. The molecule has 0 unspecified atom stereocenters. The van der Waals surface area contributed by atoms with Crippen LogP contribution in [-0.4, -0.2) is 44.9 Å². The minimum Gasteiger partial charge on any atom is -0.383 e. The molecule has 0 aromatic carbocycles. The molecule has 9 heteroatoms. The molecule has 0 aliphatic carbocycles. The Morgan fingerprint density at radius 1 is 1.44 bits per heavy atom. The van der Waals surface area contributed by atoms with E-state index in [0.717, 1.165) is 11.3 Å². The van der Waals surface area contributed by atoms with Crippen LogP contribution in [0.5, 0.6) is 0 Å². The average molecular weight is 397 g/mol. The van der Waals surface area contributed by atoms with Crippen LogP contribution in [-0.2, 0) is 14.8 Å². The van der Waals surface area contributed by atoms with Gasteiger partial charge in [-0.3, -0.25) is 0 Å². The summed E-state index contributed by atoms with van der Waals surface area (Å²) >= 11 is 15.9. The highest BCUT2D eigenvalue weighted by molar-refractivity contribution is 9.09. The van der Waals surface area contributed by atoms with Gasteiger partial charge >= 0.3 is 0 Å². The zero-order valence-corrected chi connectivity index (χ0v) is 14.3. The SMILES string of the molecule is COCCN(CCBr)S(=O)(=O)c1cc(Cl)sc1Cl. The molecule has 0 saturated heterocycles. The van der Waals surface area contributed by atoms with Gasteiger partial charge in [-0.2, -0.15) is 4.31 Å². The molecule has 1 heterocycles. The maximum atomic E-state index is 12.4. The van der Waals surface area contributed by atoms with E-state index in [2.05, 4.69) is 15.9 Å².